The van der Waals surface area contributed by atoms with Gasteiger partial charge in [0.05, 0.1) is 22.2 Å². The van der Waals surface area contributed by atoms with E-state index in [-0.39, 0.29) is 15.7 Å². The number of anilines is 1. The van der Waals surface area contributed by atoms with Crippen molar-refractivity contribution in [2.24, 2.45) is 5.73 Å². The molecule has 1 aromatic rings. The fraction of sp³-hybridized carbons (Fsp3) is 0.250. The molecule has 0 spiro atoms. The van der Waals surface area contributed by atoms with Crippen LogP contribution in [0.25, 0.3) is 0 Å². The van der Waals surface area contributed by atoms with Gasteiger partial charge < -0.3 is 21.5 Å². The molecule has 0 aromatic heterocycles. The number of urea groups is 1. The second kappa shape index (κ2) is 7.14. The molecule has 0 aliphatic rings. The lowest BCUT2D eigenvalue weighted by molar-refractivity contribution is -0.140. The lowest BCUT2D eigenvalue weighted by Gasteiger charge is -2.15. The van der Waals surface area contributed by atoms with Crippen LogP contribution >= 0.6 is 23.2 Å². The van der Waals surface area contributed by atoms with Crippen LogP contribution in [0.5, 0.6) is 0 Å². The van der Waals surface area contributed by atoms with Crippen molar-refractivity contribution < 1.29 is 19.5 Å². The number of primary amides is 1. The third-order valence-electron chi connectivity index (χ3n) is 2.53. The van der Waals surface area contributed by atoms with E-state index < -0.39 is 30.4 Å². The second-order valence-corrected chi connectivity index (χ2v) is 5.00. The highest BCUT2D eigenvalue weighted by Gasteiger charge is 2.23. The number of nitrogens with two attached hydrogens (primary N) is 1. The zero-order chi connectivity index (χ0) is 16.2. The molecule has 0 aliphatic carbocycles. The highest BCUT2D eigenvalue weighted by molar-refractivity contribution is 6.40. The lowest BCUT2D eigenvalue weighted by Crippen LogP contribution is -2.45. The van der Waals surface area contributed by atoms with Crippen LogP contribution in [-0.2, 0) is 9.59 Å². The van der Waals surface area contributed by atoms with E-state index in [1.165, 1.54) is 6.07 Å². The maximum Gasteiger partial charge on any atom is 0.326 e. The van der Waals surface area contributed by atoms with E-state index in [0.29, 0.717) is 5.56 Å². The van der Waals surface area contributed by atoms with Crippen LogP contribution in [0.1, 0.15) is 12.0 Å². The molecular formula is C12H13Cl2N3O4. The molecule has 1 unspecified atom stereocenters. The first-order valence-corrected chi connectivity index (χ1v) is 6.51. The van der Waals surface area contributed by atoms with E-state index in [2.05, 4.69) is 10.6 Å². The largest absolute Gasteiger partial charge is 0.480 e. The maximum atomic E-state index is 11.8. The molecular weight excluding hydrogens is 321 g/mol. The number of aryl methyl sites for hydroxylation is 1. The summed E-state index contributed by atoms with van der Waals surface area (Å²) in [5.74, 6) is -2.24. The van der Waals surface area contributed by atoms with Gasteiger partial charge in [0.2, 0.25) is 5.91 Å². The summed E-state index contributed by atoms with van der Waals surface area (Å²) in [7, 11) is 0. The van der Waals surface area contributed by atoms with Gasteiger partial charge in [0, 0.05) is 0 Å². The number of rotatable bonds is 5. The van der Waals surface area contributed by atoms with E-state index in [4.69, 9.17) is 34.0 Å². The average molecular weight is 334 g/mol. The Labute approximate surface area is 130 Å². The van der Waals surface area contributed by atoms with Crippen molar-refractivity contribution in [3.63, 3.8) is 0 Å². The zero-order valence-electron chi connectivity index (χ0n) is 10.9. The minimum atomic E-state index is -1.44. The van der Waals surface area contributed by atoms with Crippen molar-refractivity contribution in [2.75, 3.05) is 5.32 Å². The van der Waals surface area contributed by atoms with Gasteiger partial charge in [-0.1, -0.05) is 29.3 Å². The third-order valence-corrected chi connectivity index (χ3v) is 3.33. The Balaban J connectivity index is 2.84. The number of hydrogen-bond donors (Lipinski definition) is 4. The number of carbonyl (C=O) groups is 3. The van der Waals surface area contributed by atoms with Crippen LogP contribution in [-0.4, -0.2) is 29.1 Å². The molecule has 21 heavy (non-hydrogen) atoms. The predicted molar refractivity (Wildman–Crippen MR) is 78.6 cm³/mol. The van der Waals surface area contributed by atoms with Crippen molar-refractivity contribution in [3.8, 4) is 0 Å². The molecule has 3 amide bonds. The minimum absolute atomic E-state index is 0.152. The molecule has 1 aromatic carbocycles. The van der Waals surface area contributed by atoms with Crippen LogP contribution < -0.4 is 16.4 Å². The number of amides is 3. The van der Waals surface area contributed by atoms with Gasteiger partial charge in [-0.2, -0.15) is 0 Å². The Kier molecular flexibility index (Phi) is 5.80. The van der Waals surface area contributed by atoms with Crippen molar-refractivity contribution >= 4 is 46.8 Å². The number of halogens is 2. The highest BCUT2D eigenvalue weighted by Crippen LogP contribution is 2.32. The Morgan fingerprint density at radius 2 is 1.95 bits per heavy atom. The number of carboxylic acid groups (broad SMARTS) is 1. The number of nitrogens with one attached hydrogen (secondary N) is 2. The summed E-state index contributed by atoms with van der Waals surface area (Å²) in [6.45, 7) is 1.72. The van der Waals surface area contributed by atoms with Crippen LogP contribution in [0.3, 0.4) is 0 Å². The molecule has 0 radical (unpaired) electrons. The summed E-state index contributed by atoms with van der Waals surface area (Å²) in [6.07, 6.45) is -0.530. The van der Waals surface area contributed by atoms with Crippen molar-refractivity contribution in [1.82, 2.24) is 5.32 Å². The van der Waals surface area contributed by atoms with Gasteiger partial charge in [-0.25, -0.2) is 9.59 Å². The molecule has 0 bridgehead atoms. The summed E-state index contributed by atoms with van der Waals surface area (Å²) in [5.41, 5.74) is 5.75. The smallest absolute Gasteiger partial charge is 0.326 e. The monoisotopic (exact) mass is 333 g/mol. The van der Waals surface area contributed by atoms with Gasteiger partial charge in [0.25, 0.3) is 0 Å². The highest BCUT2D eigenvalue weighted by atomic mass is 35.5. The van der Waals surface area contributed by atoms with E-state index in [1.807, 2.05) is 0 Å². The van der Waals surface area contributed by atoms with E-state index in [0.717, 1.165) is 0 Å². The molecule has 9 heteroatoms. The van der Waals surface area contributed by atoms with Gasteiger partial charge in [-0.3, -0.25) is 4.79 Å². The number of carbonyl (C=O) groups excluding carboxylic acids is 2. The topological polar surface area (TPSA) is 122 Å². The number of hydrogen-bond acceptors (Lipinski definition) is 3. The molecule has 1 rings (SSSR count). The van der Waals surface area contributed by atoms with E-state index >= 15 is 0 Å². The predicted octanol–water partition coefficient (Wildman–Crippen LogP) is 1.75. The normalized spacial score (nSPS) is 11.6. The lowest BCUT2D eigenvalue weighted by atomic mass is 10.2. The van der Waals surface area contributed by atoms with Crippen molar-refractivity contribution in [1.29, 1.82) is 0 Å². The maximum absolute atomic E-state index is 11.8. The van der Waals surface area contributed by atoms with E-state index in [1.54, 1.807) is 13.0 Å². The molecule has 7 nitrogen and oxygen atoms in total. The third kappa shape index (κ3) is 4.80. The Morgan fingerprint density at radius 1 is 1.33 bits per heavy atom. The number of aliphatic carboxylic acids is 1. The van der Waals surface area contributed by atoms with E-state index in [9.17, 15) is 14.4 Å². The second-order valence-electron chi connectivity index (χ2n) is 4.21. The van der Waals surface area contributed by atoms with Crippen LogP contribution in [0, 0.1) is 6.92 Å². The van der Waals surface area contributed by atoms with Gasteiger partial charge in [-0.15, -0.1) is 0 Å². The molecule has 0 saturated carbocycles. The minimum Gasteiger partial charge on any atom is -0.480 e. The zero-order valence-corrected chi connectivity index (χ0v) is 12.5. The first-order valence-electron chi connectivity index (χ1n) is 5.75. The Morgan fingerprint density at radius 3 is 2.48 bits per heavy atom. The first kappa shape index (κ1) is 17.1. The molecule has 114 valence electrons. The Hall–Kier alpha value is -1.99. The standard InChI is InChI=1S/C12H13Cl2N3O4/c1-5-2-3-6(13)10(9(5)14)17-12(21)16-7(11(19)20)4-8(15)18/h2-3,7H,4H2,1H3,(H2,15,18)(H,19,20)(H2,16,17,21). The van der Waals surface area contributed by atoms with Gasteiger partial charge in [0.1, 0.15) is 6.04 Å². The van der Waals surface area contributed by atoms with Crippen molar-refractivity contribution in [2.45, 2.75) is 19.4 Å². The van der Waals surface area contributed by atoms with Gasteiger partial charge >= 0.3 is 12.0 Å². The Bertz CT molecular complexity index is 592. The van der Waals surface area contributed by atoms with Crippen LogP contribution in [0.2, 0.25) is 10.0 Å². The van der Waals surface area contributed by atoms with Crippen LogP contribution in [0.4, 0.5) is 10.5 Å². The molecule has 0 heterocycles. The fourth-order valence-corrected chi connectivity index (χ4v) is 1.95. The molecule has 0 saturated heterocycles. The summed E-state index contributed by atoms with van der Waals surface area (Å²) in [4.78, 5) is 33.4. The van der Waals surface area contributed by atoms with Crippen LogP contribution in [0.15, 0.2) is 12.1 Å². The van der Waals surface area contributed by atoms with Crippen molar-refractivity contribution in [3.05, 3.63) is 27.7 Å². The van der Waals surface area contributed by atoms with Gasteiger partial charge in [0.15, 0.2) is 0 Å². The molecule has 0 fully saturated rings. The first-order chi connectivity index (χ1) is 9.72. The van der Waals surface area contributed by atoms with Gasteiger partial charge in [-0.05, 0) is 18.6 Å². The molecule has 5 N–H and O–H groups in total. The quantitative estimate of drug-likeness (QED) is 0.655. The fourth-order valence-electron chi connectivity index (χ4n) is 1.48. The number of benzene rings is 1. The average Bonchev–Trinajstić information content (AvgIpc) is 2.38. The summed E-state index contributed by atoms with van der Waals surface area (Å²) in [5, 5.41) is 13.8. The molecule has 0 aliphatic heterocycles. The molecule has 1 atom stereocenters. The number of carboxylic acids is 1. The summed E-state index contributed by atoms with van der Waals surface area (Å²) < 4.78 is 0. The summed E-state index contributed by atoms with van der Waals surface area (Å²) in [6, 6.07) is 0.903. The summed E-state index contributed by atoms with van der Waals surface area (Å²) >= 11 is 11.9. The SMILES string of the molecule is Cc1ccc(Cl)c(NC(=O)NC(CC(N)=O)C(=O)O)c1Cl.